The Morgan fingerprint density at radius 3 is 2.68 bits per heavy atom. The third-order valence-corrected chi connectivity index (χ3v) is 7.95. The number of hydrogen-bond acceptors (Lipinski definition) is 6. The molecule has 9 heteroatoms. The molecule has 28 heavy (non-hydrogen) atoms. The molecule has 0 atom stereocenters. The van der Waals surface area contributed by atoms with E-state index in [1.165, 1.54) is 34.9 Å². The van der Waals surface area contributed by atoms with Gasteiger partial charge >= 0.3 is 0 Å². The predicted octanol–water partition coefficient (Wildman–Crippen LogP) is 3.56. The Morgan fingerprint density at radius 1 is 1.14 bits per heavy atom. The number of sulfonamides is 1. The predicted molar refractivity (Wildman–Crippen MR) is 115 cm³/mol. The van der Waals surface area contributed by atoms with Crippen molar-refractivity contribution in [1.29, 1.82) is 0 Å². The van der Waals surface area contributed by atoms with E-state index in [0.717, 1.165) is 25.2 Å². The summed E-state index contributed by atoms with van der Waals surface area (Å²) in [5, 5.41) is 6.18. The Hall–Kier alpha value is -1.61. The number of nitrogens with zero attached hydrogens (tertiary/aromatic N) is 3. The summed E-state index contributed by atoms with van der Waals surface area (Å²) in [6.45, 7) is 3.56. The van der Waals surface area contributed by atoms with Gasteiger partial charge in [0.05, 0.1) is 10.6 Å². The van der Waals surface area contributed by atoms with Crippen LogP contribution in [0.15, 0.2) is 45.8 Å². The molecule has 0 radical (unpaired) electrons. The lowest BCUT2D eigenvalue weighted by molar-refractivity contribution is 0.103. The molecule has 2 aliphatic heterocycles. The fraction of sp³-hybridized carbons (Fsp3) is 0.421. The average molecular weight is 442 g/mol. The molecular weight excluding hydrogens is 418 g/mol. The van der Waals surface area contributed by atoms with Crippen molar-refractivity contribution < 1.29 is 13.3 Å². The maximum Gasteiger partial charge on any atom is 0.265 e. The van der Waals surface area contributed by atoms with Gasteiger partial charge < -0.3 is 4.84 Å². The first-order valence-corrected chi connectivity index (χ1v) is 11.5. The fourth-order valence-corrected chi connectivity index (χ4v) is 6.19. The van der Waals surface area contributed by atoms with Gasteiger partial charge in [-0.3, -0.25) is 9.21 Å². The number of rotatable bonds is 4. The second-order valence-electron chi connectivity index (χ2n) is 6.78. The highest BCUT2D eigenvalue weighted by Crippen LogP contribution is 2.36. The van der Waals surface area contributed by atoms with E-state index in [0.29, 0.717) is 22.9 Å². The van der Waals surface area contributed by atoms with Crippen molar-refractivity contribution in [2.24, 2.45) is 5.16 Å². The maximum atomic E-state index is 13.0. The van der Waals surface area contributed by atoms with E-state index in [1.54, 1.807) is 24.6 Å². The van der Waals surface area contributed by atoms with Gasteiger partial charge in [-0.05, 0) is 43.4 Å². The first-order chi connectivity index (χ1) is 13.1. The van der Waals surface area contributed by atoms with Gasteiger partial charge in [-0.25, -0.2) is 8.42 Å². The summed E-state index contributed by atoms with van der Waals surface area (Å²) >= 11 is 1.37. The highest BCUT2D eigenvalue weighted by molar-refractivity contribution is 7.93. The number of para-hydroxylation sites is 1. The third-order valence-electron chi connectivity index (χ3n) is 5.08. The molecule has 1 fully saturated rings. The van der Waals surface area contributed by atoms with Crippen LogP contribution in [-0.2, 0) is 14.9 Å². The van der Waals surface area contributed by atoms with Gasteiger partial charge in [0, 0.05) is 19.2 Å². The van der Waals surface area contributed by atoms with Crippen molar-refractivity contribution in [3.05, 3.63) is 46.2 Å². The largest absolute Gasteiger partial charge is 0.394 e. The van der Waals surface area contributed by atoms with Crippen molar-refractivity contribution in [3.8, 4) is 0 Å². The molecule has 0 aliphatic carbocycles. The van der Waals surface area contributed by atoms with Crippen LogP contribution in [0.4, 0.5) is 5.69 Å². The molecule has 2 aromatic rings. The van der Waals surface area contributed by atoms with Gasteiger partial charge in [-0.1, -0.05) is 29.8 Å². The highest BCUT2D eigenvalue weighted by Gasteiger charge is 2.34. The van der Waals surface area contributed by atoms with Gasteiger partial charge in [0.25, 0.3) is 10.0 Å². The minimum atomic E-state index is -3.61. The van der Waals surface area contributed by atoms with E-state index < -0.39 is 10.0 Å². The monoisotopic (exact) mass is 441 g/mol. The molecular formula is C19H24ClN3O3S2. The summed E-state index contributed by atoms with van der Waals surface area (Å²) in [5.41, 5.74) is 1.96. The minimum absolute atomic E-state index is 0. The molecule has 4 rings (SSSR count). The highest BCUT2D eigenvalue weighted by atomic mass is 35.5. The van der Waals surface area contributed by atoms with Crippen LogP contribution >= 0.6 is 23.7 Å². The van der Waals surface area contributed by atoms with Crippen molar-refractivity contribution in [2.45, 2.75) is 24.2 Å². The number of likely N-dealkylation sites (tertiary alicyclic amines) is 1. The van der Waals surface area contributed by atoms with Crippen molar-refractivity contribution in [2.75, 3.05) is 37.6 Å². The first-order valence-electron chi connectivity index (χ1n) is 9.17. The summed E-state index contributed by atoms with van der Waals surface area (Å²) in [6, 6.07) is 9.05. The number of piperidine rings is 1. The molecule has 1 saturated heterocycles. The van der Waals surface area contributed by atoms with Crippen LogP contribution in [0, 0.1) is 0 Å². The smallest absolute Gasteiger partial charge is 0.265 e. The number of halogens is 1. The van der Waals surface area contributed by atoms with Gasteiger partial charge in [0.1, 0.15) is 17.2 Å². The zero-order valence-corrected chi connectivity index (χ0v) is 18.2. The maximum absolute atomic E-state index is 13.0. The van der Waals surface area contributed by atoms with Crippen molar-refractivity contribution in [1.82, 2.24) is 4.90 Å². The molecule has 0 unspecified atom stereocenters. The zero-order chi connectivity index (χ0) is 18.9. The van der Waals surface area contributed by atoms with Crippen LogP contribution in [0.5, 0.6) is 0 Å². The third kappa shape index (κ3) is 3.91. The van der Waals surface area contributed by atoms with E-state index in [9.17, 15) is 8.42 Å². The number of thiophene rings is 1. The standard InChI is InChI=1S/C19H23N3O3S2.ClH/c1-21-16-8-4-3-7-15(16)18(19-17(9-14-26-19)27(21,23)24)20-25-13-12-22-10-5-2-6-11-22;/h3-4,7-9,14H,2,5-6,10-13H2,1H3;1H/b20-18+;. The summed E-state index contributed by atoms with van der Waals surface area (Å²) in [7, 11) is -2.03. The normalized spacial score (nSPS) is 20.0. The number of benzene rings is 1. The van der Waals surface area contributed by atoms with E-state index in [-0.39, 0.29) is 17.3 Å². The Morgan fingerprint density at radius 2 is 1.89 bits per heavy atom. The van der Waals surface area contributed by atoms with Crippen LogP contribution in [0.2, 0.25) is 0 Å². The van der Waals surface area contributed by atoms with Crippen molar-refractivity contribution >= 4 is 45.2 Å². The Bertz CT molecular complexity index is 953. The minimum Gasteiger partial charge on any atom is -0.394 e. The lowest BCUT2D eigenvalue weighted by Gasteiger charge is -2.25. The van der Waals surface area contributed by atoms with Gasteiger partial charge in [-0.2, -0.15) is 0 Å². The molecule has 1 aromatic carbocycles. The summed E-state index contributed by atoms with van der Waals surface area (Å²) in [4.78, 5) is 8.96. The lowest BCUT2D eigenvalue weighted by atomic mass is 10.1. The van der Waals surface area contributed by atoms with Crippen LogP contribution in [0.3, 0.4) is 0 Å². The number of fused-ring (bicyclic) bond motifs is 2. The lowest BCUT2D eigenvalue weighted by Crippen LogP contribution is -2.32. The second kappa shape index (κ2) is 8.82. The van der Waals surface area contributed by atoms with Crippen LogP contribution in [0.1, 0.15) is 29.7 Å². The molecule has 0 bridgehead atoms. The summed E-state index contributed by atoms with van der Waals surface area (Å²) in [5.74, 6) is 0. The van der Waals surface area contributed by atoms with E-state index in [2.05, 4.69) is 10.1 Å². The van der Waals surface area contributed by atoms with E-state index in [1.807, 2.05) is 18.2 Å². The van der Waals surface area contributed by atoms with Gasteiger partial charge in [0.2, 0.25) is 0 Å². The molecule has 2 aliphatic rings. The van der Waals surface area contributed by atoms with E-state index in [4.69, 9.17) is 4.84 Å². The molecule has 6 nitrogen and oxygen atoms in total. The summed E-state index contributed by atoms with van der Waals surface area (Å²) < 4.78 is 27.2. The van der Waals surface area contributed by atoms with E-state index >= 15 is 0 Å². The molecule has 1 aromatic heterocycles. The second-order valence-corrected chi connectivity index (χ2v) is 9.63. The fourth-order valence-electron chi connectivity index (χ4n) is 3.57. The topological polar surface area (TPSA) is 62.2 Å². The Labute approximate surface area is 176 Å². The molecule has 152 valence electrons. The van der Waals surface area contributed by atoms with Crippen molar-refractivity contribution in [3.63, 3.8) is 0 Å². The molecule has 0 N–H and O–H groups in total. The molecule has 0 saturated carbocycles. The first kappa shape index (κ1) is 21.1. The quantitative estimate of drug-likeness (QED) is 0.537. The number of anilines is 1. The zero-order valence-electron chi connectivity index (χ0n) is 15.7. The Balaban J connectivity index is 0.00000225. The van der Waals surface area contributed by atoms with Gasteiger partial charge in [-0.15, -0.1) is 23.7 Å². The van der Waals surface area contributed by atoms with Crippen LogP contribution < -0.4 is 4.31 Å². The van der Waals surface area contributed by atoms with Crippen LogP contribution in [0.25, 0.3) is 0 Å². The number of oxime groups is 1. The number of hydrogen-bond donors (Lipinski definition) is 0. The molecule has 0 amide bonds. The Kier molecular flexibility index (Phi) is 6.65. The van der Waals surface area contributed by atoms with Gasteiger partial charge in [0.15, 0.2) is 0 Å². The summed E-state index contributed by atoms with van der Waals surface area (Å²) in [6.07, 6.45) is 3.79. The molecule has 3 heterocycles. The SMILES string of the molecule is CN1c2ccccc2/C(=N\OCCN2CCCCC2)c2sccc2S1(=O)=O.Cl. The molecule has 0 spiro atoms. The average Bonchev–Trinajstić information content (AvgIpc) is 3.16. The van der Waals surface area contributed by atoms with Crippen LogP contribution in [-0.4, -0.2) is 52.3 Å².